The van der Waals surface area contributed by atoms with Gasteiger partial charge in [-0.3, -0.25) is 9.59 Å². The largest absolute Gasteiger partial charge is 0.481 e. The molecule has 2 N–H and O–H groups in total. The van der Waals surface area contributed by atoms with Crippen LogP contribution in [0.3, 0.4) is 0 Å². The third-order valence-electron chi connectivity index (χ3n) is 3.04. The smallest absolute Gasteiger partial charge is 0.305 e. The molecule has 1 aromatic rings. The van der Waals surface area contributed by atoms with E-state index in [9.17, 15) is 18.0 Å². The van der Waals surface area contributed by atoms with Crippen molar-refractivity contribution in [1.29, 1.82) is 0 Å². The van der Waals surface area contributed by atoms with Crippen molar-refractivity contribution in [1.82, 2.24) is 5.32 Å². The van der Waals surface area contributed by atoms with Gasteiger partial charge in [0.15, 0.2) is 9.84 Å². The summed E-state index contributed by atoms with van der Waals surface area (Å²) >= 11 is 5.77. The molecule has 0 unspecified atom stereocenters. The van der Waals surface area contributed by atoms with Crippen molar-refractivity contribution in [3.05, 3.63) is 34.9 Å². The van der Waals surface area contributed by atoms with Crippen molar-refractivity contribution < 1.29 is 23.1 Å². The molecule has 0 aliphatic rings. The first-order valence-electron chi connectivity index (χ1n) is 6.60. The number of carbonyl (C=O) groups excluding carboxylic acids is 1. The van der Waals surface area contributed by atoms with Crippen LogP contribution in [-0.2, 0) is 19.4 Å². The summed E-state index contributed by atoms with van der Waals surface area (Å²) in [6, 6.07) is 5.51. The lowest BCUT2D eigenvalue weighted by atomic mass is 10.0. The number of carboxylic acid groups (broad SMARTS) is 1. The molecular weight excluding hydrogens is 330 g/mol. The Balaban J connectivity index is 2.88. The van der Waals surface area contributed by atoms with Gasteiger partial charge in [-0.25, -0.2) is 8.42 Å². The summed E-state index contributed by atoms with van der Waals surface area (Å²) in [5.74, 6) is -2.50. The van der Waals surface area contributed by atoms with Gasteiger partial charge in [0, 0.05) is 5.02 Å². The molecule has 0 radical (unpaired) electrons. The SMILES string of the molecule is CC(C)S(=O)(=O)CC(=O)N[C@@H](CC(=O)O)c1ccc(Cl)cc1. The molecule has 0 aliphatic carbocycles. The van der Waals surface area contributed by atoms with Crippen LogP contribution in [0, 0.1) is 0 Å². The first kappa shape index (κ1) is 18.4. The number of sulfone groups is 1. The van der Waals surface area contributed by atoms with Crippen LogP contribution in [0.15, 0.2) is 24.3 Å². The zero-order valence-electron chi connectivity index (χ0n) is 12.2. The lowest BCUT2D eigenvalue weighted by Gasteiger charge is -2.18. The highest BCUT2D eigenvalue weighted by Gasteiger charge is 2.24. The Morgan fingerprint density at radius 1 is 1.23 bits per heavy atom. The third-order valence-corrected chi connectivity index (χ3v) is 5.39. The molecule has 1 aromatic carbocycles. The van der Waals surface area contributed by atoms with Crippen LogP contribution < -0.4 is 5.32 Å². The Kier molecular flexibility index (Phi) is 6.37. The predicted molar refractivity (Wildman–Crippen MR) is 83.5 cm³/mol. The Bertz CT molecular complexity index is 640. The fraction of sp³-hybridized carbons (Fsp3) is 0.429. The van der Waals surface area contributed by atoms with E-state index >= 15 is 0 Å². The van der Waals surface area contributed by atoms with Gasteiger partial charge in [0.05, 0.1) is 17.7 Å². The fourth-order valence-electron chi connectivity index (χ4n) is 1.71. The molecule has 0 saturated carbocycles. The van der Waals surface area contributed by atoms with E-state index in [-0.39, 0.29) is 6.42 Å². The van der Waals surface area contributed by atoms with Crippen molar-refractivity contribution >= 4 is 33.3 Å². The Morgan fingerprint density at radius 3 is 2.23 bits per heavy atom. The van der Waals surface area contributed by atoms with Crippen LogP contribution in [0.5, 0.6) is 0 Å². The molecule has 1 amide bonds. The molecule has 122 valence electrons. The minimum atomic E-state index is -3.54. The van der Waals surface area contributed by atoms with E-state index in [4.69, 9.17) is 16.7 Å². The van der Waals surface area contributed by atoms with E-state index in [2.05, 4.69) is 5.32 Å². The second kappa shape index (κ2) is 7.60. The van der Waals surface area contributed by atoms with Gasteiger partial charge < -0.3 is 10.4 Å². The summed E-state index contributed by atoms with van der Waals surface area (Å²) in [5, 5.41) is 11.2. The van der Waals surface area contributed by atoms with E-state index in [1.807, 2.05) is 0 Å². The van der Waals surface area contributed by atoms with Crippen molar-refractivity contribution in [3.8, 4) is 0 Å². The number of aliphatic carboxylic acids is 1. The molecule has 0 spiro atoms. The van der Waals surface area contributed by atoms with Gasteiger partial charge in [0.25, 0.3) is 0 Å². The standard InChI is InChI=1S/C14H18ClNO5S/c1-9(2)22(20,21)8-13(17)16-12(7-14(18)19)10-3-5-11(15)6-4-10/h3-6,9,12H,7-8H2,1-2H3,(H,16,17)(H,18,19)/t12-/m0/s1. The third kappa shape index (κ3) is 5.65. The summed E-state index contributed by atoms with van der Waals surface area (Å²) in [7, 11) is -3.54. The van der Waals surface area contributed by atoms with E-state index in [0.717, 1.165) is 0 Å². The number of carboxylic acids is 1. The van der Waals surface area contributed by atoms with Gasteiger partial charge in [-0.05, 0) is 31.5 Å². The topological polar surface area (TPSA) is 101 Å². The van der Waals surface area contributed by atoms with Crippen molar-refractivity contribution in [2.24, 2.45) is 0 Å². The normalized spacial score (nSPS) is 12.9. The Labute approximate surface area is 134 Å². The minimum Gasteiger partial charge on any atom is -0.481 e. The summed E-state index contributed by atoms with van der Waals surface area (Å²) in [6.07, 6.45) is -0.352. The molecule has 0 saturated heterocycles. The monoisotopic (exact) mass is 347 g/mol. The van der Waals surface area contributed by atoms with Gasteiger partial charge in [-0.1, -0.05) is 23.7 Å². The maximum atomic E-state index is 11.9. The molecule has 0 bridgehead atoms. The average molecular weight is 348 g/mol. The maximum absolute atomic E-state index is 11.9. The lowest BCUT2D eigenvalue weighted by Crippen LogP contribution is -2.36. The van der Waals surface area contributed by atoms with Gasteiger partial charge in [-0.2, -0.15) is 0 Å². The van der Waals surface area contributed by atoms with Gasteiger partial charge in [0.1, 0.15) is 5.75 Å². The highest BCUT2D eigenvalue weighted by Crippen LogP contribution is 2.19. The Morgan fingerprint density at radius 2 is 1.77 bits per heavy atom. The fourth-order valence-corrected chi connectivity index (χ4v) is 2.62. The molecule has 22 heavy (non-hydrogen) atoms. The molecule has 0 heterocycles. The first-order valence-corrected chi connectivity index (χ1v) is 8.69. The second-order valence-electron chi connectivity index (χ2n) is 5.13. The summed E-state index contributed by atoms with van der Waals surface area (Å²) < 4.78 is 23.5. The van der Waals surface area contributed by atoms with Crippen LogP contribution in [0.25, 0.3) is 0 Å². The van der Waals surface area contributed by atoms with E-state index in [1.54, 1.807) is 24.3 Å². The molecule has 0 aliphatic heterocycles. The maximum Gasteiger partial charge on any atom is 0.305 e. The Hall–Kier alpha value is -1.60. The minimum absolute atomic E-state index is 0.352. The van der Waals surface area contributed by atoms with Gasteiger partial charge >= 0.3 is 5.97 Å². The van der Waals surface area contributed by atoms with Crippen LogP contribution in [0.1, 0.15) is 31.9 Å². The molecule has 8 heteroatoms. The highest BCUT2D eigenvalue weighted by atomic mass is 35.5. The predicted octanol–water partition coefficient (Wildman–Crippen LogP) is 1.80. The summed E-state index contributed by atoms with van der Waals surface area (Å²) in [5.41, 5.74) is 0.544. The first-order chi connectivity index (χ1) is 10.1. The zero-order valence-corrected chi connectivity index (χ0v) is 13.8. The van der Waals surface area contributed by atoms with E-state index < -0.39 is 38.8 Å². The lowest BCUT2D eigenvalue weighted by molar-refractivity contribution is -0.137. The quantitative estimate of drug-likeness (QED) is 0.783. The van der Waals surface area contributed by atoms with E-state index in [1.165, 1.54) is 13.8 Å². The number of halogens is 1. The van der Waals surface area contributed by atoms with Crippen LogP contribution in [0.2, 0.25) is 5.02 Å². The number of hydrogen-bond acceptors (Lipinski definition) is 4. The molecule has 6 nitrogen and oxygen atoms in total. The number of carbonyl (C=O) groups is 2. The number of hydrogen-bond donors (Lipinski definition) is 2. The van der Waals surface area contributed by atoms with E-state index in [0.29, 0.717) is 10.6 Å². The molecule has 0 aromatic heterocycles. The van der Waals surface area contributed by atoms with Crippen LogP contribution in [0.4, 0.5) is 0 Å². The molecule has 1 atom stereocenters. The van der Waals surface area contributed by atoms with Gasteiger partial charge in [0.2, 0.25) is 5.91 Å². The second-order valence-corrected chi connectivity index (χ2v) is 8.12. The number of rotatable bonds is 7. The van der Waals surface area contributed by atoms with Gasteiger partial charge in [-0.15, -0.1) is 0 Å². The molecule has 0 fully saturated rings. The number of nitrogens with one attached hydrogen (secondary N) is 1. The van der Waals surface area contributed by atoms with Crippen LogP contribution in [-0.4, -0.2) is 36.4 Å². The highest BCUT2D eigenvalue weighted by molar-refractivity contribution is 7.92. The summed E-state index contributed by atoms with van der Waals surface area (Å²) in [4.78, 5) is 22.8. The van der Waals surface area contributed by atoms with Crippen molar-refractivity contribution in [2.45, 2.75) is 31.6 Å². The number of amides is 1. The molecular formula is C14H18ClNO5S. The van der Waals surface area contributed by atoms with Crippen molar-refractivity contribution in [2.75, 3.05) is 5.75 Å². The molecule has 1 rings (SSSR count). The average Bonchev–Trinajstić information content (AvgIpc) is 2.37. The zero-order chi connectivity index (χ0) is 16.9. The number of benzene rings is 1. The van der Waals surface area contributed by atoms with Crippen LogP contribution >= 0.6 is 11.6 Å². The summed E-state index contributed by atoms with van der Waals surface area (Å²) in [6.45, 7) is 2.97. The van der Waals surface area contributed by atoms with Crippen molar-refractivity contribution in [3.63, 3.8) is 0 Å².